The van der Waals surface area contributed by atoms with Gasteiger partial charge in [-0.15, -0.1) is 5.10 Å². The van der Waals surface area contributed by atoms with Crippen LogP contribution in [0.1, 0.15) is 38.0 Å². The SMILES string of the molecule is CCOc1ccc(N(Cc2nc3nc(C)cc(C)n3n2)C(=O)C(C)C)cc1. The van der Waals surface area contributed by atoms with Crippen molar-refractivity contribution < 1.29 is 9.53 Å². The number of hydrogen-bond acceptors (Lipinski definition) is 5. The minimum absolute atomic E-state index is 0.0128. The smallest absolute Gasteiger partial charge is 0.252 e. The van der Waals surface area contributed by atoms with Crippen LogP contribution < -0.4 is 9.64 Å². The molecule has 3 rings (SSSR count). The largest absolute Gasteiger partial charge is 0.494 e. The second-order valence-corrected chi connectivity index (χ2v) is 6.78. The summed E-state index contributed by atoms with van der Waals surface area (Å²) in [6.07, 6.45) is 0. The molecule has 0 atom stereocenters. The second kappa shape index (κ2) is 7.73. The lowest BCUT2D eigenvalue weighted by molar-refractivity contribution is -0.121. The molecule has 2 heterocycles. The number of ether oxygens (including phenoxy) is 1. The van der Waals surface area contributed by atoms with E-state index in [1.54, 1.807) is 9.42 Å². The Labute approximate surface area is 159 Å². The molecule has 0 bridgehead atoms. The number of carbonyl (C=O) groups excluding carboxylic acids is 1. The van der Waals surface area contributed by atoms with Crippen molar-refractivity contribution in [2.75, 3.05) is 11.5 Å². The number of aryl methyl sites for hydroxylation is 2. The molecule has 3 aromatic rings. The molecule has 0 spiro atoms. The Morgan fingerprint density at radius 1 is 1.19 bits per heavy atom. The number of carbonyl (C=O) groups is 1. The Balaban J connectivity index is 1.94. The molecule has 1 amide bonds. The van der Waals surface area contributed by atoms with Gasteiger partial charge in [-0.1, -0.05) is 13.8 Å². The zero-order valence-electron chi connectivity index (χ0n) is 16.4. The fourth-order valence-corrected chi connectivity index (χ4v) is 2.91. The van der Waals surface area contributed by atoms with E-state index >= 15 is 0 Å². The highest BCUT2D eigenvalue weighted by atomic mass is 16.5. The highest BCUT2D eigenvalue weighted by molar-refractivity contribution is 5.94. The topological polar surface area (TPSA) is 72.6 Å². The number of aromatic nitrogens is 4. The summed E-state index contributed by atoms with van der Waals surface area (Å²) in [5.74, 6) is 1.75. The van der Waals surface area contributed by atoms with Crippen LogP contribution in [0.3, 0.4) is 0 Å². The van der Waals surface area contributed by atoms with Crippen molar-refractivity contribution in [2.24, 2.45) is 5.92 Å². The Kier molecular flexibility index (Phi) is 5.39. The summed E-state index contributed by atoms with van der Waals surface area (Å²) >= 11 is 0. The average Bonchev–Trinajstić information content (AvgIpc) is 3.03. The van der Waals surface area contributed by atoms with Crippen molar-refractivity contribution in [3.8, 4) is 5.75 Å². The Bertz CT molecular complexity index is 947. The third-order valence-electron chi connectivity index (χ3n) is 4.18. The van der Waals surface area contributed by atoms with Crippen molar-refractivity contribution in [2.45, 2.75) is 41.2 Å². The van der Waals surface area contributed by atoms with Crippen LogP contribution >= 0.6 is 0 Å². The third-order valence-corrected chi connectivity index (χ3v) is 4.18. The summed E-state index contributed by atoms with van der Waals surface area (Å²) in [4.78, 5) is 23.4. The van der Waals surface area contributed by atoms with Crippen molar-refractivity contribution in [1.82, 2.24) is 19.6 Å². The molecule has 7 nitrogen and oxygen atoms in total. The van der Waals surface area contributed by atoms with Gasteiger partial charge in [0.15, 0.2) is 5.82 Å². The van der Waals surface area contributed by atoms with Crippen molar-refractivity contribution >= 4 is 17.4 Å². The highest BCUT2D eigenvalue weighted by Crippen LogP contribution is 2.23. The van der Waals surface area contributed by atoms with Crippen LogP contribution in [0.25, 0.3) is 5.78 Å². The van der Waals surface area contributed by atoms with Crippen LogP contribution in [0.4, 0.5) is 5.69 Å². The van der Waals surface area contributed by atoms with Gasteiger partial charge in [0.2, 0.25) is 5.91 Å². The molecular weight excluding hydrogens is 342 g/mol. The highest BCUT2D eigenvalue weighted by Gasteiger charge is 2.21. The van der Waals surface area contributed by atoms with Crippen molar-refractivity contribution in [1.29, 1.82) is 0 Å². The molecule has 0 aliphatic carbocycles. The molecule has 0 N–H and O–H groups in total. The number of fused-ring (bicyclic) bond motifs is 1. The van der Waals surface area contributed by atoms with Crippen molar-refractivity contribution in [3.05, 3.63) is 47.5 Å². The molecule has 0 radical (unpaired) electrons. The van der Waals surface area contributed by atoms with E-state index in [2.05, 4.69) is 15.1 Å². The lowest BCUT2D eigenvalue weighted by atomic mass is 10.1. The molecule has 0 aliphatic heterocycles. The first-order chi connectivity index (χ1) is 12.9. The maximum absolute atomic E-state index is 12.8. The first kappa shape index (κ1) is 18.8. The predicted octanol–water partition coefficient (Wildman–Crippen LogP) is 3.33. The van der Waals surface area contributed by atoms with Gasteiger partial charge in [-0.25, -0.2) is 9.50 Å². The maximum Gasteiger partial charge on any atom is 0.252 e. The van der Waals surface area contributed by atoms with E-state index < -0.39 is 0 Å². The van der Waals surface area contributed by atoms with E-state index in [0.717, 1.165) is 22.8 Å². The first-order valence-electron chi connectivity index (χ1n) is 9.13. The van der Waals surface area contributed by atoms with Gasteiger partial charge in [-0.2, -0.15) is 4.98 Å². The van der Waals surface area contributed by atoms with E-state index in [1.165, 1.54) is 0 Å². The van der Waals surface area contributed by atoms with E-state index in [-0.39, 0.29) is 18.4 Å². The fourth-order valence-electron chi connectivity index (χ4n) is 2.91. The van der Waals surface area contributed by atoms with E-state index in [9.17, 15) is 4.79 Å². The first-order valence-corrected chi connectivity index (χ1v) is 9.13. The lowest BCUT2D eigenvalue weighted by Crippen LogP contribution is -2.34. The molecule has 0 saturated carbocycles. The van der Waals surface area contributed by atoms with Gasteiger partial charge < -0.3 is 9.64 Å². The summed E-state index contributed by atoms with van der Waals surface area (Å²) < 4.78 is 7.20. The van der Waals surface area contributed by atoms with Gasteiger partial charge in [-0.3, -0.25) is 4.79 Å². The molecule has 0 unspecified atom stereocenters. The third kappa shape index (κ3) is 4.07. The van der Waals surface area contributed by atoms with Crippen LogP contribution in [-0.4, -0.2) is 32.1 Å². The Morgan fingerprint density at radius 3 is 2.52 bits per heavy atom. The Hall–Kier alpha value is -2.96. The number of amides is 1. The standard InChI is InChI=1S/C20H25N5O2/c1-6-27-17-9-7-16(8-10-17)24(19(26)13(2)3)12-18-22-20-21-14(4)11-15(5)25(20)23-18/h7-11,13H,6,12H2,1-5H3. The van der Waals surface area contributed by atoms with Crippen LogP contribution in [0, 0.1) is 19.8 Å². The molecule has 0 fully saturated rings. The maximum atomic E-state index is 12.8. The Morgan fingerprint density at radius 2 is 1.89 bits per heavy atom. The van der Waals surface area contributed by atoms with Crippen molar-refractivity contribution in [3.63, 3.8) is 0 Å². The van der Waals surface area contributed by atoms with E-state index in [0.29, 0.717) is 18.2 Å². The number of nitrogens with zero attached hydrogens (tertiary/aromatic N) is 5. The predicted molar refractivity (Wildman–Crippen MR) is 104 cm³/mol. The van der Waals surface area contributed by atoms with Gasteiger partial charge in [0, 0.05) is 23.0 Å². The number of hydrogen-bond donors (Lipinski definition) is 0. The average molecular weight is 367 g/mol. The van der Waals surface area contributed by atoms with Gasteiger partial charge in [-0.05, 0) is 51.1 Å². The minimum atomic E-state index is -0.143. The molecule has 0 aliphatic rings. The van der Waals surface area contributed by atoms with Gasteiger partial charge in [0.1, 0.15) is 5.75 Å². The van der Waals surface area contributed by atoms with Gasteiger partial charge >= 0.3 is 0 Å². The molecule has 27 heavy (non-hydrogen) atoms. The number of benzene rings is 1. The van der Waals surface area contributed by atoms with Crippen LogP contribution in [0.5, 0.6) is 5.75 Å². The summed E-state index contributed by atoms with van der Waals surface area (Å²) in [6, 6.07) is 9.45. The van der Waals surface area contributed by atoms with Crippen LogP contribution in [0.2, 0.25) is 0 Å². The van der Waals surface area contributed by atoms with E-state index in [4.69, 9.17) is 4.74 Å². The minimum Gasteiger partial charge on any atom is -0.494 e. The second-order valence-electron chi connectivity index (χ2n) is 6.78. The quantitative estimate of drug-likeness (QED) is 0.668. The molecule has 142 valence electrons. The lowest BCUT2D eigenvalue weighted by Gasteiger charge is -2.23. The van der Waals surface area contributed by atoms with Crippen LogP contribution in [-0.2, 0) is 11.3 Å². The number of anilines is 1. The zero-order chi connectivity index (χ0) is 19.6. The molecular formula is C20H25N5O2. The molecule has 1 aromatic carbocycles. The van der Waals surface area contributed by atoms with Gasteiger partial charge in [0.05, 0.1) is 13.2 Å². The number of rotatable bonds is 6. The zero-order valence-corrected chi connectivity index (χ0v) is 16.4. The summed E-state index contributed by atoms with van der Waals surface area (Å²) in [6.45, 7) is 10.5. The summed E-state index contributed by atoms with van der Waals surface area (Å²) in [7, 11) is 0. The molecule has 0 saturated heterocycles. The fraction of sp³-hybridized carbons (Fsp3) is 0.400. The van der Waals surface area contributed by atoms with Crippen LogP contribution in [0.15, 0.2) is 30.3 Å². The molecule has 2 aromatic heterocycles. The van der Waals surface area contributed by atoms with Gasteiger partial charge in [0.25, 0.3) is 5.78 Å². The monoisotopic (exact) mass is 367 g/mol. The summed E-state index contributed by atoms with van der Waals surface area (Å²) in [5.41, 5.74) is 2.64. The normalized spacial score (nSPS) is 11.2. The molecule has 7 heteroatoms. The van der Waals surface area contributed by atoms with E-state index in [1.807, 2.05) is 65.0 Å². The summed E-state index contributed by atoms with van der Waals surface area (Å²) in [5, 5.41) is 4.53.